The minimum absolute atomic E-state index is 0.00217. The zero-order valence-corrected chi connectivity index (χ0v) is 21.8. The maximum atomic E-state index is 13.7. The van der Waals surface area contributed by atoms with Crippen LogP contribution in [0.1, 0.15) is 58.8 Å². The molecule has 0 radical (unpaired) electrons. The van der Waals surface area contributed by atoms with Crippen LogP contribution in [0.25, 0.3) is 21.3 Å². The summed E-state index contributed by atoms with van der Waals surface area (Å²) in [6.07, 6.45) is -1.12. The number of rotatable bonds is 7. The number of pyridine rings is 1. The first kappa shape index (κ1) is 25.7. The molecule has 0 saturated carbocycles. The fourth-order valence-corrected chi connectivity index (χ4v) is 5.18. The van der Waals surface area contributed by atoms with E-state index in [1.807, 2.05) is 6.92 Å². The van der Waals surface area contributed by atoms with Crippen LogP contribution in [0.2, 0.25) is 5.02 Å². The topological polar surface area (TPSA) is 121 Å². The van der Waals surface area contributed by atoms with Crippen LogP contribution < -0.4 is 11.1 Å². The van der Waals surface area contributed by atoms with Crippen molar-refractivity contribution in [1.82, 2.24) is 24.5 Å². The zero-order chi connectivity index (χ0) is 26.5. The summed E-state index contributed by atoms with van der Waals surface area (Å²) in [6.45, 7) is 9.32. The van der Waals surface area contributed by atoms with Gasteiger partial charge in [0.2, 0.25) is 5.91 Å². The highest BCUT2D eigenvalue weighted by atomic mass is 35.5. The normalized spacial score (nSPS) is 12.5. The summed E-state index contributed by atoms with van der Waals surface area (Å²) in [5, 5.41) is 12.3. The number of anilines is 1. The van der Waals surface area contributed by atoms with Gasteiger partial charge in [0, 0.05) is 23.7 Å². The predicted octanol–water partition coefficient (Wildman–Crippen LogP) is 5.19. The molecule has 0 aromatic carbocycles. The van der Waals surface area contributed by atoms with Crippen LogP contribution in [-0.4, -0.2) is 36.4 Å². The van der Waals surface area contributed by atoms with Crippen molar-refractivity contribution in [3.05, 3.63) is 44.9 Å². The predicted molar refractivity (Wildman–Crippen MR) is 135 cm³/mol. The maximum Gasteiger partial charge on any atom is 0.280 e. The SMILES string of the molecule is CCn1cc(-c2cc(C(F)F)nc3sc(C(N)=O)c(NC(=O)C(C)n4nc(C)c(Cl)c4C)c23)c(C)n1. The molecule has 13 heteroatoms. The first-order valence-electron chi connectivity index (χ1n) is 11.1. The van der Waals surface area contributed by atoms with Crippen LogP contribution in [-0.2, 0) is 11.3 Å². The number of alkyl halides is 2. The molecule has 9 nitrogen and oxygen atoms in total. The molecule has 0 fully saturated rings. The smallest absolute Gasteiger partial charge is 0.280 e. The largest absolute Gasteiger partial charge is 0.365 e. The number of hydrogen-bond donors (Lipinski definition) is 2. The van der Waals surface area contributed by atoms with E-state index in [9.17, 15) is 18.4 Å². The van der Waals surface area contributed by atoms with Gasteiger partial charge in [0.05, 0.1) is 27.8 Å². The summed E-state index contributed by atoms with van der Waals surface area (Å²) in [4.78, 5) is 29.9. The molecule has 0 aliphatic carbocycles. The quantitative estimate of drug-likeness (QED) is 0.337. The molecule has 4 heterocycles. The summed E-state index contributed by atoms with van der Waals surface area (Å²) >= 11 is 7.09. The fraction of sp³-hybridized carbons (Fsp3) is 0.348. The summed E-state index contributed by atoms with van der Waals surface area (Å²) in [5.74, 6) is -1.31. The van der Waals surface area contributed by atoms with Gasteiger partial charge in [-0.3, -0.25) is 19.0 Å². The van der Waals surface area contributed by atoms with Gasteiger partial charge in [0.15, 0.2) is 0 Å². The lowest BCUT2D eigenvalue weighted by Gasteiger charge is -2.16. The molecular weight excluding hydrogens is 512 g/mol. The van der Waals surface area contributed by atoms with Crippen LogP contribution in [0.15, 0.2) is 12.3 Å². The van der Waals surface area contributed by atoms with E-state index in [0.29, 0.717) is 45.2 Å². The number of amides is 2. The van der Waals surface area contributed by atoms with Gasteiger partial charge in [-0.15, -0.1) is 11.3 Å². The number of carbonyl (C=O) groups excluding carboxylic acids is 2. The Balaban J connectivity index is 1.92. The number of fused-ring (bicyclic) bond motifs is 1. The van der Waals surface area contributed by atoms with Crippen molar-refractivity contribution in [3.8, 4) is 11.1 Å². The van der Waals surface area contributed by atoms with Crippen LogP contribution in [0.3, 0.4) is 0 Å². The van der Waals surface area contributed by atoms with E-state index in [4.69, 9.17) is 17.3 Å². The van der Waals surface area contributed by atoms with Gasteiger partial charge in [-0.05, 0) is 46.2 Å². The van der Waals surface area contributed by atoms with Crippen molar-refractivity contribution in [3.63, 3.8) is 0 Å². The van der Waals surface area contributed by atoms with Crippen molar-refractivity contribution in [2.75, 3.05) is 5.32 Å². The number of hydrogen-bond acceptors (Lipinski definition) is 6. The third kappa shape index (κ3) is 4.35. The average Bonchev–Trinajstić information content (AvgIpc) is 3.47. The fourth-order valence-electron chi connectivity index (χ4n) is 4.04. The van der Waals surface area contributed by atoms with Crippen LogP contribution >= 0.6 is 22.9 Å². The molecule has 1 atom stereocenters. The van der Waals surface area contributed by atoms with Gasteiger partial charge in [-0.1, -0.05) is 11.6 Å². The number of thiophene rings is 1. The monoisotopic (exact) mass is 535 g/mol. The highest BCUT2D eigenvalue weighted by Gasteiger charge is 2.28. The second kappa shape index (κ2) is 9.58. The molecule has 4 aromatic heterocycles. The molecule has 36 heavy (non-hydrogen) atoms. The molecule has 2 amide bonds. The van der Waals surface area contributed by atoms with E-state index in [0.717, 1.165) is 11.3 Å². The number of carbonyl (C=O) groups is 2. The Morgan fingerprint density at radius 2 is 1.89 bits per heavy atom. The number of nitrogens with two attached hydrogens (primary N) is 1. The van der Waals surface area contributed by atoms with Crippen molar-refractivity contribution in [2.45, 2.75) is 53.6 Å². The van der Waals surface area contributed by atoms with Crippen LogP contribution in [0.5, 0.6) is 0 Å². The van der Waals surface area contributed by atoms with E-state index in [1.54, 1.807) is 38.6 Å². The Bertz CT molecular complexity index is 1510. The number of primary amides is 1. The zero-order valence-electron chi connectivity index (χ0n) is 20.2. The van der Waals surface area contributed by atoms with E-state index >= 15 is 0 Å². The van der Waals surface area contributed by atoms with Crippen molar-refractivity contribution in [2.24, 2.45) is 5.73 Å². The molecule has 4 aromatic rings. The summed E-state index contributed by atoms with van der Waals surface area (Å²) in [7, 11) is 0. The second-order valence-electron chi connectivity index (χ2n) is 8.32. The van der Waals surface area contributed by atoms with Gasteiger partial charge in [-0.25, -0.2) is 13.8 Å². The molecular formula is C23H24ClF2N7O2S. The maximum absolute atomic E-state index is 13.7. The Kier molecular flexibility index (Phi) is 6.84. The van der Waals surface area contributed by atoms with Crippen molar-refractivity contribution >= 4 is 50.7 Å². The summed E-state index contributed by atoms with van der Waals surface area (Å²) < 4.78 is 30.6. The number of nitrogens with one attached hydrogen (secondary N) is 1. The van der Waals surface area contributed by atoms with Gasteiger partial charge < -0.3 is 11.1 Å². The van der Waals surface area contributed by atoms with E-state index in [-0.39, 0.29) is 15.4 Å². The highest BCUT2D eigenvalue weighted by molar-refractivity contribution is 7.21. The van der Waals surface area contributed by atoms with Gasteiger partial charge >= 0.3 is 0 Å². The van der Waals surface area contributed by atoms with Gasteiger partial charge in [-0.2, -0.15) is 10.2 Å². The molecule has 0 aliphatic heterocycles. The van der Waals surface area contributed by atoms with E-state index in [2.05, 4.69) is 20.5 Å². The van der Waals surface area contributed by atoms with Crippen LogP contribution in [0, 0.1) is 20.8 Å². The van der Waals surface area contributed by atoms with E-state index < -0.39 is 30.0 Å². The molecule has 1 unspecified atom stereocenters. The highest BCUT2D eigenvalue weighted by Crippen LogP contribution is 2.43. The lowest BCUT2D eigenvalue weighted by molar-refractivity contribution is -0.119. The molecule has 190 valence electrons. The molecule has 3 N–H and O–H groups in total. The molecule has 0 saturated heterocycles. The number of nitrogens with zero attached hydrogens (tertiary/aromatic N) is 5. The first-order chi connectivity index (χ1) is 16.9. The first-order valence-corrected chi connectivity index (χ1v) is 12.3. The minimum Gasteiger partial charge on any atom is -0.365 e. The third-order valence-electron chi connectivity index (χ3n) is 5.92. The summed E-state index contributed by atoms with van der Waals surface area (Å²) in [5.41, 5.74) is 8.00. The molecule has 0 aliphatic rings. The number of aryl methyl sites for hydroxylation is 3. The van der Waals surface area contributed by atoms with Crippen molar-refractivity contribution < 1.29 is 18.4 Å². The molecule has 4 rings (SSSR count). The lowest BCUT2D eigenvalue weighted by Crippen LogP contribution is -2.26. The number of aromatic nitrogens is 5. The standard InChI is InChI=1S/C23H24ClF2N7O2S/c1-6-32-8-14(9(2)30-32)13-7-15(20(25)26)28-23-16(13)18(19(36-23)21(27)34)29-22(35)12(5)33-11(4)17(24)10(3)31-33/h7-8,12,20H,6H2,1-5H3,(H2,27,34)(H,29,35). The summed E-state index contributed by atoms with van der Waals surface area (Å²) in [6, 6.07) is 0.460. The van der Waals surface area contributed by atoms with Gasteiger partial charge in [0.1, 0.15) is 21.4 Å². The molecule has 0 bridgehead atoms. The average molecular weight is 536 g/mol. The second-order valence-corrected chi connectivity index (χ2v) is 9.70. The number of halogens is 3. The third-order valence-corrected chi connectivity index (χ3v) is 7.57. The van der Waals surface area contributed by atoms with Crippen molar-refractivity contribution in [1.29, 1.82) is 0 Å². The Morgan fingerprint density at radius 1 is 1.19 bits per heavy atom. The Labute approximate surface area is 214 Å². The lowest BCUT2D eigenvalue weighted by atomic mass is 10.0. The van der Waals surface area contributed by atoms with Gasteiger partial charge in [0.25, 0.3) is 12.3 Å². The van der Waals surface area contributed by atoms with Crippen LogP contribution in [0.4, 0.5) is 14.5 Å². The van der Waals surface area contributed by atoms with E-state index in [1.165, 1.54) is 10.7 Å². The Hall–Kier alpha value is -3.38. The Morgan fingerprint density at radius 3 is 2.42 bits per heavy atom. The minimum atomic E-state index is -2.84. The molecule has 0 spiro atoms.